The molecule has 0 aliphatic rings. The monoisotopic (exact) mass is 896 g/mol. The molecule has 27 heteroatoms. The summed E-state index contributed by atoms with van der Waals surface area (Å²) in [6.07, 6.45) is 0. The molecule has 15 N–H and O–H groups in total. The number of carboxylic acid groups (broad SMARTS) is 5. The van der Waals surface area contributed by atoms with Crippen molar-refractivity contribution in [2.45, 2.75) is 0 Å². The molecule has 0 saturated heterocycles. The first kappa shape index (κ1) is 55.8. The molecule has 0 atom stereocenters. The number of phenols is 15. The van der Waals surface area contributed by atoms with Gasteiger partial charge in [0.15, 0.2) is 86.2 Å². The van der Waals surface area contributed by atoms with Crippen molar-refractivity contribution < 1.29 is 126 Å². The molecule has 0 aliphatic carbocycles. The average Bonchev–Trinajstić information content (AvgIpc) is 3.15. The fourth-order valence-corrected chi connectivity index (χ4v) is 3.61. The van der Waals surface area contributed by atoms with Crippen molar-refractivity contribution in [2.75, 3.05) is 0 Å². The second-order valence-electron chi connectivity index (χ2n) is 10.8. The van der Waals surface area contributed by atoms with E-state index in [1.165, 1.54) is 0 Å². The predicted molar refractivity (Wildman–Crippen MR) is 190 cm³/mol. The molecule has 320 valence electrons. The molecule has 0 radical (unpaired) electrons. The van der Waals surface area contributed by atoms with Crippen LogP contribution in [-0.4, -0.2) is 147 Å². The molecule has 5 rings (SSSR count). The first-order valence-electron chi connectivity index (χ1n) is 14.9. The first-order valence-corrected chi connectivity index (χ1v) is 14.9. The number of hydrogen-bond donors (Lipinski definition) is 15. The largest absolute Gasteiger partial charge is 3.00 e. The van der Waals surface area contributed by atoms with Gasteiger partial charge in [-0.15, -0.1) is 0 Å². The molecule has 0 aromatic heterocycles. The summed E-state index contributed by atoms with van der Waals surface area (Å²) < 4.78 is 0. The van der Waals surface area contributed by atoms with Gasteiger partial charge in [0.1, 0.15) is 0 Å². The Morgan fingerprint density at radius 3 is 0.403 bits per heavy atom. The molecule has 0 heterocycles. The van der Waals surface area contributed by atoms with Crippen LogP contribution < -0.4 is 25.5 Å². The molecule has 25 nitrogen and oxygen atoms in total. The first-order chi connectivity index (χ1) is 27.6. The van der Waals surface area contributed by atoms with E-state index in [1.54, 1.807) is 0 Å². The van der Waals surface area contributed by atoms with Crippen molar-refractivity contribution in [2.24, 2.45) is 0 Å². The Hall–Kier alpha value is -8.25. The average molecular weight is 897 g/mol. The Bertz CT molecular complexity index is 1940. The predicted octanol–water partition coefficient (Wildman–Crippen LogP) is -4.93. The SMILES string of the molecule is O=C([O-])c1cc(O)c(O)c(O)c1.O=C([O-])c1cc(O)c(O)c(O)c1.O=C([O-])c1cc(O)c(O)c(O)c1.O=C([O-])c1cc(O)c(O)c(O)c1.O=C([O-])c1cc(O)c(O)c(O)c1.[Al+3].[Mg+2]. The van der Waals surface area contributed by atoms with Crippen LogP contribution in [0.5, 0.6) is 86.2 Å². The summed E-state index contributed by atoms with van der Waals surface area (Å²) in [5.41, 5.74) is -2.00. The van der Waals surface area contributed by atoms with Gasteiger partial charge in [0.25, 0.3) is 0 Å². The van der Waals surface area contributed by atoms with E-state index < -0.39 is 144 Å². The van der Waals surface area contributed by atoms with E-state index in [2.05, 4.69) is 0 Å². The number of aromatic carboxylic acids is 5. The fourth-order valence-electron chi connectivity index (χ4n) is 3.61. The van der Waals surface area contributed by atoms with E-state index >= 15 is 0 Å². The molecule has 5 aromatic rings. The summed E-state index contributed by atoms with van der Waals surface area (Å²) >= 11 is 0. The molecule has 0 amide bonds. The zero-order chi connectivity index (χ0) is 46.5. The Kier molecular flexibility index (Phi) is 21.6. The second kappa shape index (κ2) is 24.0. The van der Waals surface area contributed by atoms with Gasteiger partial charge in [-0.25, -0.2) is 0 Å². The van der Waals surface area contributed by atoms with Gasteiger partial charge in [-0.2, -0.15) is 0 Å². The van der Waals surface area contributed by atoms with Crippen molar-refractivity contribution in [1.82, 2.24) is 0 Å². The molecular formula is C35H25AlMgO25. The van der Waals surface area contributed by atoms with Gasteiger partial charge < -0.3 is 126 Å². The molecule has 0 saturated carbocycles. The number of rotatable bonds is 5. The number of carboxylic acids is 5. The summed E-state index contributed by atoms with van der Waals surface area (Å²) in [4.78, 5) is 51.0. The second-order valence-corrected chi connectivity index (χ2v) is 10.8. The number of carbonyl (C=O) groups excluding carboxylic acids is 5. The van der Waals surface area contributed by atoms with E-state index in [4.69, 9.17) is 76.6 Å². The quantitative estimate of drug-likeness (QED) is 0.0580. The Morgan fingerprint density at radius 1 is 0.258 bits per heavy atom. The number of benzene rings is 5. The maximum atomic E-state index is 10.2. The third-order valence-electron chi connectivity index (χ3n) is 6.53. The zero-order valence-corrected chi connectivity index (χ0v) is 32.9. The topological polar surface area (TPSA) is 504 Å². The summed E-state index contributed by atoms with van der Waals surface area (Å²) in [6, 6.07) is 7.82. The molecule has 0 spiro atoms. The Balaban J connectivity index is 0. The molecule has 0 bridgehead atoms. The van der Waals surface area contributed by atoms with Gasteiger partial charge in [0.2, 0.25) is 0 Å². The Morgan fingerprint density at radius 2 is 0.339 bits per heavy atom. The summed E-state index contributed by atoms with van der Waals surface area (Å²) in [5.74, 6) is -18.5. The normalized spacial score (nSPS) is 9.35. The number of hydrogen-bond acceptors (Lipinski definition) is 25. The van der Waals surface area contributed by atoms with Crippen LogP contribution >= 0.6 is 0 Å². The number of phenolic OH excluding ortho intramolecular Hbond substituents is 15. The minimum absolute atomic E-state index is 0. The maximum absolute atomic E-state index is 10.2. The van der Waals surface area contributed by atoms with Crippen molar-refractivity contribution in [1.29, 1.82) is 0 Å². The molecule has 0 aliphatic heterocycles. The number of carbonyl (C=O) groups is 5. The smallest absolute Gasteiger partial charge is 0.545 e. The van der Waals surface area contributed by atoms with E-state index in [1.807, 2.05) is 0 Å². The maximum Gasteiger partial charge on any atom is 3.00 e. The van der Waals surface area contributed by atoms with Gasteiger partial charge in [0.05, 0.1) is 29.8 Å². The van der Waals surface area contributed by atoms with E-state index in [9.17, 15) is 49.5 Å². The summed E-state index contributed by atoms with van der Waals surface area (Å²) in [7, 11) is 0. The van der Waals surface area contributed by atoms with Crippen molar-refractivity contribution >= 4 is 70.3 Å². The molecule has 0 fully saturated rings. The van der Waals surface area contributed by atoms with Crippen LogP contribution in [0.2, 0.25) is 0 Å². The fraction of sp³-hybridized carbons (Fsp3) is 0. The van der Waals surface area contributed by atoms with Gasteiger partial charge in [-0.1, -0.05) is 0 Å². The van der Waals surface area contributed by atoms with E-state index in [0.29, 0.717) is 0 Å². The third kappa shape index (κ3) is 15.8. The molecule has 0 unspecified atom stereocenters. The minimum atomic E-state index is -1.54. The van der Waals surface area contributed by atoms with Gasteiger partial charge >= 0.3 is 40.4 Å². The van der Waals surface area contributed by atoms with Crippen LogP contribution in [0.3, 0.4) is 0 Å². The standard InChI is InChI=1S/5C7H6O5.Al.Mg/c5*8-4-1-3(7(11)12)2-5(9)6(4)10;;/h5*1-2,8-10H,(H,11,12);;/q;;;;;+3;+2/p-5. The van der Waals surface area contributed by atoms with Crippen molar-refractivity contribution in [3.05, 3.63) is 88.5 Å². The van der Waals surface area contributed by atoms with Gasteiger partial charge in [-0.05, 0) is 60.7 Å². The Labute approximate surface area is 369 Å². The van der Waals surface area contributed by atoms with E-state index in [-0.39, 0.29) is 40.4 Å². The van der Waals surface area contributed by atoms with Crippen molar-refractivity contribution in [3.8, 4) is 86.2 Å². The van der Waals surface area contributed by atoms with Crippen molar-refractivity contribution in [3.63, 3.8) is 0 Å². The minimum Gasteiger partial charge on any atom is -0.545 e. The van der Waals surface area contributed by atoms with Crippen LogP contribution in [0.1, 0.15) is 51.8 Å². The molecule has 62 heavy (non-hydrogen) atoms. The number of aromatic hydroxyl groups is 15. The van der Waals surface area contributed by atoms with Crippen LogP contribution in [0.25, 0.3) is 0 Å². The molecule has 5 aromatic carbocycles. The summed E-state index contributed by atoms with van der Waals surface area (Å²) in [5, 5.41) is 183. The van der Waals surface area contributed by atoms with Crippen LogP contribution in [-0.2, 0) is 0 Å². The van der Waals surface area contributed by atoms with Gasteiger partial charge in [0, 0.05) is 27.8 Å². The third-order valence-corrected chi connectivity index (χ3v) is 6.53. The zero-order valence-electron chi connectivity index (χ0n) is 30.3. The molecular weight excluding hydrogens is 872 g/mol. The summed E-state index contributed by atoms with van der Waals surface area (Å²) in [6.45, 7) is 0. The van der Waals surface area contributed by atoms with Crippen LogP contribution in [0.4, 0.5) is 0 Å². The van der Waals surface area contributed by atoms with Gasteiger partial charge in [-0.3, -0.25) is 0 Å². The van der Waals surface area contributed by atoms with E-state index in [0.717, 1.165) is 60.7 Å². The van der Waals surface area contributed by atoms with Crippen LogP contribution in [0.15, 0.2) is 60.7 Å². The van der Waals surface area contributed by atoms with Crippen LogP contribution in [0, 0.1) is 0 Å².